The standard InChI is InChI=1S/C25H29N5O3/c1-16(2)14-30-15-17-6-4-7-18(20(17)24(30)33)23(32)29-12-9-25(10-13-29)27-22(31)19-8-5-11-26-21(19)28(25)3/h4-8,11,16H,9-10,12-15H2,1-3H3,(H,27,31). The molecule has 0 aliphatic carbocycles. The number of rotatable bonds is 3. The Hall–Kier alpha value is -3.42. The summed E-state index contributed by atoms with van der Waals surface area (Å²) < 4.78 is 0. The van der Waals surface area contributed by atoms with Gasteiger partial charge in [-0.15, -0.1) is 0 Å². The molecule has 0 bridgehead atoms. The molecule has 1 N–H and O–H groups in total. The Labute approximate surface area is 193 Å². The first-order valence-corrected chi connectivity index (χ1v) is 11.5. The summed E-state index contributed by atoms with van der Waals surface area (Å²) in [7, 11) is 1.94. The summed E-state index contributed by atoms with van der Waals surface area (Å²) in [6.45, 7) is 6.37. The van der Waals surface area contributed by atoms with Gasteiger partial charge in [0.2, 0.25) is 0 Å². The number of nitrogens with one attached hydrogen (secondary N) is 1. The van der Waals surface area contributed by atoms with Gasteiger partial charge in [-0.2, -0.15) is 0 Å². The maximum atomic E-state index is 13.5. The molecule has 8 nitrogen and oxygen atoms in total. The zero-order chi connectivity index (χ0) is 23.3. The number of hydrogen-bond acceptors (Lipinski definition) is 5. The van der Waals surface area contributed by atoms with Crippen LogP contribution in [0, 0.1) is 5.92 Å². The van der Waals surface area contributed by atoms with Gasteiger partial charge in [0, 0.05) is 52.3 Å². The van der Waals surface area contributed by atoms with Crippen LogP contribution in [0.25, 0.3) is 0 Å². The van der Waals surface area contributed by atoms with Gasteiger partial charge in [0.15, 0.2) is 0 Å². The van der Waals surface area contributed by atoms with E-state index in [1.807, 2.05) is 29.0 Å². The summed E-state index contributed by atoms with van der Waals surface area (Å²) in [5.41, 5.74) is 1.94. The fraction of sp³-hybridized carbons (Fsp3) is 0.440. The third-order valence-electron chi connectivity index (χ3n) is 7.04. The van der Waals surface area contributed by atoms with Crippen molar-refractivity contribution in [2.75, 3.05) is 31.6 Å². The highest BCUT2D eigenvalue weighted by Crippen LogP contribution is 2.35. The second kappa shape index (κ2) is 7.86. The minimum absolute atomic E-state index is 0.0573. The minimum Gasteiger partial charge on any atom is -0.338 e. The summed E-state index contributed by atoms with van der Waals surface area (Å²) in [6, 6.07) is 9.09. The first kappa shape index (κ1) is 21.4. The van der Waals surface area contributed by atoms with Crippen LogP contribution in [-0.2, 0) is 6.54 Å². The molecule has 3 aliphatic heterocycles. The molecule has 1 aromatic heterocycles. The number of carbonyl (C=O) groups excluding carboxylic acids is 3. The van der Waals surface area contributed by atoms with E-state index < -0.39 is 5.66 Å². The van der Waals surface area contributed by atoms with E-state index in [2.05, 4.69) is 24.1 Å². The molecule has 8 heteroatoms. The number of benzene rings is 1. The second-order valence-electron chi connectivity index (χ2n) is 9.63. The Morgan fingerprint density at radius 3 is 2.64 bits per heavy atom. The van der Waals surface area contributed by atoms with Gasteiger partial charge >= 0.3 is 0 Å². The molecule has 33 heavy (non-hydrogen) atoms. The number of fused-ring (bicyclic) bond motifs is 2. The Kier molecular flexibility index (Phi) is 5.11. The van der Waals surface area contributed by atoms with Crippen molar-refractivity contribution in [1.82, 2.24) is 20.1 Å². The highest BCUT2D eigenvalue weighted by atomic mass is 16.2. The van der Waals surface area contributed by atoms with Crippen molar-refractivity contribution in [1.29, 1.82) is 0 Å². The van der Waals surface area contributed by atoms with Gasteiger partial charge in [0.1, 0.15) is 11.5 Å². The lowest BCUT2D eigenvalue weighted by molar-refractivity contribution is 0.0600. The zero-order valence-electron chi connectivity index (χ0n) is 19.3. The summed E-state index contributed by atoms with van der Waals surface area (Å²) in [5, 5.41) is 3.16. The summed E-state index contributed by atoms with van der Waals surface area (Å²) in [4.78, 5) is 49.3. The lowest BCUT2D eigenvalue weighted by Gasteiger charge is -2.50. The Morgan fingerprint density at radius 2 is 1.91 bits per heavy atom. The SMILES string of the molecule is CC(C)CN1Cc2cccc(C(=O)N3CCC4(CC3)NC(=O)c3cccnc3N4C)c2C1=O. The third kappa shape index (κ3) is 3.44. The molecule has 2 aromatic rings. The normalized spacial score (nSPS) is 19.1. The molecule has 5 rings (SSSR count). The van der Waals surface area contributed by atoms with Crippen molar-refractivity contribution >= 4 is 23.5 Å². The monoisotopic (exact) mass is 447 g/mol. The Bertz CT molecular complexity index is 1140. The third-order valence-corrected chi connectivity index (χ3v) is 7.04. The highest BCUT2D eigenvalue weighted by molar-refractivity contribution is 6.09. The minimum atomic E-state index is -0.572. The molecule has 172 valence electrons. The molecule has 1 spiro atoms. The Balaban J connectivity index is 1.35. The van der Waals surface area contributed by atoms with Crippen molar-refractivity contribution in [2.45, 2.75) is 38.9 Å². The summed E-state index contributed by atoms with van der Waals surface area (Å²) >= 11 is 0. The van der Waals surface area contributed by atoms with Crippen LogP contribution >= 0.6 is 0 Å². The van der Waals surface area contributed by atoms with Crippen molar-refractivity contribution in [3.05, 3.63) is 58.8 Å². The predicted octanol–water partition coefficient (Wildman–Crippen LogP) is 2.51. The molecule has 1 fully saturated rings. The highest BCUT2D eigenvalue weighted by Gasteiger charge is 2.46. The number of aromatic nitrogens is 1. The molecule has 1 saturated heterocycles. The fourth-order valence-corrected chi connectivity index (χ4v) is 5.30. The van der Waals surface area contributed by atoms with E-state index in [9.17, 15) is 14.4 Å². The summed E-state index contributed by atoms with van der Waals surface area (Å²) in [5.74, 6) is 0.719. The van der Waals surface area contributed by atoms with Gasteiger partial charge in [0.25, 0.3) is 17.7 Å². The number of carbonyl (C=O) groups is 3. The van der Waals surface area contributed by atoms with E-state index in [1.54, 1.807) is 29.3 Å². The largest absolute Gasteiger partial charge is 0.338 e. The van der Waals surface area contributed by atoms with Crippen LogP contribution in [0.1, 0.15) is 63.3 Å². The van der Waals surface area contributed by atoms with E-state index >= 15 is 0 Å². The van der Waals surface area contributed by atoms with Crippen LogP contribution in [0.3, 0.4) is 0 Å². The number of pyridine rings is 1. The molecular formula is C25H29N5O3. The first-order chi connectivity index (χ1) is 15.8. The van der Waals surface area contributed by atoms with Gasteiger partial charge < -0.3 is 20.0 Å². The number of piperidine rings is 1. The van der Waals surface area contributed by atoms with Crippen LogP contribution in [0.5, 0.6) is 0 Å². The maximum absolute atomic E-state index is 13.5. The van der Waals surface area contributed by atoms with E-state index in [0.717, 1.165) is 5.56 Å². The molecular weight excluding hydrogens is 418 g/mol. The average molecular weight is 448 g/mol. The zero-order valence-corrected chi connectivity index (χ0v) is 19.3. The van der Waals surface area contributed by atoms with E-state index in [0.29, 0.717) is 67.4 Å². The Morgan fingerprint density at radius 1 is 1.15 bits per heavy atom. The molecule has 3 aliphatic rings. The molecule has 1 aromatic carbocycles. The lowest BCUT2D eigenvalue weighted by atomic mass is 9.91. The molecule has 3 amide bonds. The number of nitrogens with zero attached hydrogens (tertiary/aromatic N) is 4. The average Bonchev–Trinajstić information content (AvgIpc) is 3.12. The van der Waals surface area contributed by atoms with Crippen LogP contribution in [-0.4, -0.2) is 64.9 Å². The first-order valence-electron chi connectivity index (χ1n) is 11.5. The van der Waals surface area contributed by atoms with E-state index in [4.69, 9.17) is 0 Å². The van der Waals surface area contributed by atoms with Gasteiger partial charge in [-0.05, 0) is 29.7 Å². The predicted molar refractivity (Wildman–Crippen MR) is 124 cm³/mol. The van der Waals surface area contributed by atoms with E-state index in [-0.39, 0.29) is 17.7 Å². The van der Waals surface area contributed by atoms with Crippen LogP contribution in [0.15, 0.2) is 36.5 Å². The van der Waals surface area contributed by atoms with Gasteiger partial charge in [-0.25, -0.2) is 4.98 Å². The summed E-state index contributed by atoms with van der Waals surface area (Å²) in [6.07, 6.45) is 2.86. The number of hydrogen-bond donors (Lipinski definition) is 1. The quantitative estimate of drug-likeness (QED) is 0.782. The fourth-order valence-electron chi connectivity index (χ4n) is 5.30. The van der Waals surface area contributed by atoms with Crippen molar-refractivity contribution in [2.24, 2.45) is 5.92 Å². The number of likely N-dealkylation sites (tertiary alicyclic amines) is 1. The lowest BCUT2D eigenvalue weighted by Crippen LogP contribution is -2.67. The second-order valence-corrected chi connectivity index (χ2v) is 9.63. The molecule has 0 saturated carbocycles. The number of amides is 3. The van der Waals surface area contributed by atoms with Crippen molar-refractivity contribution in [3.63, 3.8) is 0 Å². The van der Waals surface area contributed by atoms with Crippen molar-refractivity contribution < 1.29 is 14.4 Å². The van der Waals surface area contributed by atoms with E-state index in [1.165, 1.54) is 0 Å². The van der Waals surface area contributed by atoms with Gasteiger partial charge in [-0.1, -0.05) is 26.0 Å². The van der Waals surface area contributed by atoms with Crippen LogP contribution in [0.4, 0.5) is 5.82 Å². The number of anilines is 1. The van der Waals surface area contributed by atoms with Crippen molar-refractivity contribution in [3.8, 4) is 0 Å². The molecule has 0 atom stereocenters. The van der Waals surface area contributed by atoms with Crippen LogP contribution in [0.2, 0.25) is 0 Å². The molecule has 4 heterocycles. The van der Waals surface area contributed by atoms with Crippen LogP contribution < -0.4 is 10.2 Å². The smallest absolute Gasteiger partial charge is 0.256 e. The van der Waals surface area contributed by atoms with Gasteiger partial charge in [-0.3, -0.25) is 14.4 Å². The molecule has 0 unspecified atom stereocenters. The topological polar surface area (TPSA) is 85.8 Å². The van der Waals surface area contributed by atoms with Gasteiger partial charge in [0.05, 0.1) is 16.7 Å². The molecule has 0 radical (unpaired) electrons. The maximum Gasteiger partial charge on any atom is 0.256 e.